The highest BCUT2D eigenvalue weighted by Gasteiger charge is 2.48. The van der Waals surface area contributed by atoms with E-state index in [0.29, 0.717) is 97.2 Å². The molecular weight excluding hydrogens is 1260 g/mol. The summed E-state index contributed by atoms with van der Waals surface area (Å²) in [7, 11) is 0. The molecule has 538 valence electrons. The summed E-state index contributed by atoms with van der Waals surface area (Å²) in [5.74, 6) is 0.280. The van der Waals surface area contributed by atoms with Crippen LogP contribution in [0.2, 0.25) is 0 Å². The Bertz CT molecular complexity index is 3150. The second-order valence-electron chi connectivity index (χ2n) is 26.0. The van der Waals surface area contributed by atoms with Crippen LogP contribution >= 0.6 is 0 Å². The molecule has 99 heavy (non-hydrogen) atoms. The molecule has 19 atom stereocenters. The first-order valence-corrected chi connectivity index (χ1v) is 34.9. The van der Waals surface area contributed by atoms with E-state index in [1.165, 1.54) is 10.3 Å². The Hall–Kier alpha value is -6.87. The lowest BCUT2D eigenvalue weighted by atomic mass is 9.97. The minimum absolute atomic E-state index is 0.0180. The molecule has 4 fully saturated rings. The summed E-state index contributed by atoms with van der Waals surface area (Å²) >= 11 is 0. The maximum atomic E-state index is 10.4. The molecule has 0 amide bonds. The summed E-state index contributed by atoms with van der Waals surface area (Å²) in [6.45, 7) is 15.5. The van der Waals surface area contributed by atoms with E-state index in [1.807, 2.05) is 178 Å². The molecule has 11 rings (SSSR count). The topological polar surface area (TPSA) is 323 Å². The van der Waals surface area contributed by atoms with Gasteiger partial charge in [0.05, 0.1) is 119 Å². The molecule has 2 aliphatic heterocycles. The number of hydroxylamine groups is 3. The predicted octanol–water partition coefficient (Wildman–Crippen LogP) is 8.87. The zero-order valence-corrected chi connectivity index (χ0v) is 58.2. The molecule has 3 aliphatic carbocycles. The number of benzene rings is 6. The molecule has 0 radical (unpaired) electrons. The van der Waals surface area contributed by atoms with Gasteiger partial charge in [-0.15, -0.1) is 0 Å². The van der Waals surface area contributed by atoms with Gasteiger partial charge in [-0.2, -0.15) is 15.6 Å². The van der Waals surface area contributed by atoms with Crippen molar-refractivity contribution in [3.05, 3.63) is 215 Å². The minimum Gasteiger partial charge on any atom is -0.396 e. The normalized spacial score (nSPS) is 28.9. The SMILES string of the molecule is CC.C[C@@H]1[C@H](OCc2ccccc2)[C@@H](C#N)N(O)[C@@H]1COCc1ccccc1.C[C@H]1[C@@H](COCc2ccccc2)C[C@@H](C#N)[C@H]1OCc1ccccc1.C[C@H]1[C@@H](COCc2ccccc2)[N+](O)=C[C@H]1OCc1ccccc1.NC[C@@H]1C[C@H](CO)[C@H](O)[C@@H]1O.NC[C@H]1C[C@H](CO)[C@H](O)[C@@H]1O. The Morgan fingerprint density at radius 2 is 0.798 bits per heavy atom. The van der Waals surface area contributed by atoms with Gasteiger partial charge in [-0.1, -0.05) is 217 Å². The van der Waals surface area contributed by atoms with Gasteiger partial charge < -0.3 is 75.7 Å². The minimum atomic E-state index is -0.798. The van der Waals surface area contributed by atoms with E-state index in [2.05, 4.69) is 50.3 Å². The standard InChI is InChI=1S/C22H25NO2.C21H24N2O3.C20H24NO3.2C7H15NO3.C2H6/c1-17-21(16-24-14-18-8-4-2-5-9-18)12-20(13-23)22(17)25-15-19-10-6-3-7-11-19;1-16-20(15-25-13-17-8-4-2-5-9-17)23(24)19(12-22)21(16)26-14-18-10-6-3-7-11-18;1-16-19(15-23-13-17-8-4-2-5-9-17)21(22)12-20(16)24-14-18-10-6-3-7-11-18;2*8-2-4-1-5(3-9)7(11)6(4)10;1-2/h2-11,17,20-22H,12,14-16H2,1H3;2-11,16,19-21,24H,13-15H2,1H3;2-12,16,19-20,22H,13-15H2,1H3;2*4-7,9-11H,1-3,8H2;1-2H3/q;;+1;;;/t17-,20-,21+,22-;16-,19+,20+,21-;16-,19+,20+;4-,5+,6+,7-;4-,5-,6-,7+;/m00001./s1. The Morgan fingerprint density at radius 1 is 0.444 bits per heavy atom. The molecule has 1 saturated heterocycles. The van der Waals surface area contributed by atoms with E-state index >= 15 is 0 Å². The van der Waals surface area contributed by atoms with E-state index in [4.69, 9.17) is 50.1 Å². The molecule has 0 spiro atoms. The van der Waals surface area contributed by atoms with Crippen LogP contribution in [0.1, 0.15) is 87.3 Å². The van der Waals surface area contributed by atoms with E-state index in [9.17, 15) is 41.4 Å². The van der Waals surface area contributed by atoms with Crippen LogP contribution in [-0.4, -0.2) is 164 Å². The Balaban J connectivity index is 0.000000201. The second kappa shape index (κ2) is 44.4. The van der Waals surface area contributed by atoms with Crippen LogP contribution in [0.25, 0.3) is 0 Å². The van der Waals surface area contributed by atoms with Crippen molar-refractivity contribution in [2.24, 2.45) is 64.7 Å². The van der Waals surface area contributed by atoms with E-state index in [0.717, 1.165) is 39.3 Å². The van der Waals surface area contributed by atoms with Crippen molar-refractivity contribution in [1.82, 2.24) is 5.06 Å². The van der Waals surface area contributed by atoms with Crippen LogP contribution < -0.4 is 11.5 Å². The lowest BCUT2D eigenvalue weighted by Gasteiger charge is -2.22. The molecule has 0 unspecified atom stereocenters. The van der Waals surface area contributed by atoms with Gasteiger partial charge in [0, 0.05) is 42.8 Å². The predicted molar refractivity (Wildman–Crippen MR) is 378 cm³/mol. The molecule has 2 heterocycles. The van der Waals surface area contributed by atoms with Crippen molar-refractivity contribution in [3.8, 4) is 12.1 Å². The number of rotatable bonds is 25. The largest absolute Gasteiger partial charge is 0.396 e. The smallest absolute Gasteiger partial charge is 0.230 e. The van der Waals surface area contributed by atoms with Gasteiger partial charge in [0.15, 0.2) is 0 Å². The summed E-state index contributed by atoms with van der Waals surface area (Å²) in [6, 6.07) is 63.7. The molecule has 0 bridgehead atoms. The van der Waals surface area contributed by atoms with Crippen molar-refractivity contribution < 1.29 is 74.2 Å². The van der Waals surface area contributed by atoms with Crippen molar-refractivity contribution in [2.75, 3.05) is 46.1 Å². The van der Waals surface area contributed by atoms with Gasteiger partial charge in [0.2, 0.25) is 12.3 Å². The maximum absolute atomic E-state index is 10.4. The van der Waals surface area contributed by atoms with Gasteiger partial charge in [0.1, 0.15) is 18.8 Å². The molecule has 20 nitrogen and oxygen atoms in total. The van der Waals surface area contributed by atoms with E-state index in [-0.39, 0.29) is 85.0 Å². The number of aliphatic hydroxyl groups is 6. The van der Waals surface area contributed by atoms with E-state index < -0.39 is 30.5 Å². The summed E-state index contributed by atoms with van der Waals surface area (Å²) < 4.78 is 36.8. The molecule has 20 heteroatoms. The zero-order valence-electron chi connectivity index (χ0n) is 58.2. The monoisotopic (exact) mass is 1370 g/mol. The fourth-order valence-corrected chi connectivity index (χ4v) is 13.1. The summed E-state index contributed by atoms with van der Waals surface area (Å²) in [4.78, 5) is 0. The highest BCUT2D eigenvalue weighted by Crippen LogP contribution is 2.39. The van der Waals surface area contributed by atoms with Gasteiger partial charge in [-0.05, 0) is 82.3 Å². The fraction of sp³-hybridized carbons (Fsp3) is 0.506. The van der Waals surface area contributed by atoms with Crippen molar-refractivity contribution in [3.63, 3.8) is 0 Å². The lowest BCUT2D eigenvalue weighted by molar-refractivity contribution is -0.795. The molecule has 0 aromatic heterocycles. The Morgan fingerprint density at radius 3 is 1.15 bits per heavy atom. The van der Waals surface area contributed by atoms with Gasteiger partial charge in [-0.25, -0.2) is 0 Å². The number of hydrogen-bond donors (Lipinski definition) is 10. The highest BCUT2D eigenvalue weighted by molar-refractivity contribution is 5.60. The van der Waals surface area contributed by atoms with Crippen LogP contribution in [0.4, 0.5) is 0 Å². The number of nitrogens with two attached hydrogens (primary N) is 2. The van der Waals surface area contributed by atoms with Crippen molar-refractivity contribution >= 4 is 6.21 Å². The number of ether oxygens (including phenoxy) is 6. The number of nitriles is 2. The van der Waals surface area contributed by atoms with Gasteiger partial charge in [0.25, 0.3) is 0 Å². The zero-order chi connectivity index (χ0) is 71.5. The molecule has 6 aromatic rings. The number of hydrogen-bond acceptors (Lipinski definition) is 19. The summed E-state index contributed by atoms with van der Waals surface area (Å²) in [5.41, 5.74) is 17.4. The summed E-state index contributed by atoms with van der Waals surface area (Å²) in [6.07, 6.45) is 0.240. The fourth-order valence-electron chi connectivity index (χ4n) is 13.1. The summed E-state index contributed by atoms with van der Waals surface area (Å²) in [5, 5.41) is 95.4. The quantitative estimate of drug-likeness (QED) is 0.0189. The van der Waals surface area contributed by atoms with Crippen molar-refractivity contribution in [2.45, 2.75) is 154 Å². The third-order valence-corrected chi connectivity index (χ3v) is 19.4. The van der Waals surface area contributed by atoms with Crippen LogP contribution in [0.15, 0.2) is 182 Å². The lowest BCUT2D eigenvalue weighted by Crippen LogP contribution is -2.37. The molecule has 6 aromatic carbocycles. The third kappa shape index (κ3) is 25.0. The van der Waals surface area contributed by atoms with Crippen LogP contribution in [0.5, 0.6) is 0 Å². The first kappa shape index (κ1) is 81.1. The second-order valence-corrected chi connectivity index (χ2v) is 26.0. The van der Waals surface area contributed by atoms with E-state index in [1.54, 1.807) is 6.21 Å². The first-order chi connectivity index (χ1) is 48.1. The van der Waals surface area contributed by atoms with Gasteiger partial charge >= 0.3 is 0 Å². The van der Waals surface area contributed by atoms with Crippen LogP contribution in [0, 0.1) is 75.9 Å². The molecule has 3 saturated carbocycles. The van der Waals surface area contributed by atoms with Crippen LogP contribution in [-0.2, 0) is 68.1 Å². The van der Waals surface area contributed by atoms with Crippen LogP contribution in [0.3, 0.4) is 0 Å². The average molecular weight is 1370 g/mol. The number of nitrogens with zero attached hydrogens (tertiary/aromatic N) is 4. The third-order valence-electron chi connectivity index (χ3n) is 19.4. The van der Waals surface area contributed by atoms with Gasteiger partial charge in [-0.3, -0.25) is 5.21 Å². The molecular formula is C79H109N6O14+. The molecule has 5 aliphatic rings. The average Bonchev–Trinajstić information content (AvgIpc) is 1.68. The Labute approximate surface area is 586 Å². The maximum Gasteiger partial charge on any atom is 0.230 e. The molecule has 12 N–H and O–H groups in total. The Kier molecular flexibility index (Phi) is 36.4. The van der Waals surface area contributed by atoms with Crippen molar-refractivity contribution in [1.29, 1.82) is 10.5 Å². The number of aliphatic hydroxyl groups excluding tert-OH is 6. The first-order valence-electron chi connectivity index (χ1n) is 34.9. The highest BCUT2D eigenvalue weighted by atomic mass is 16.5.